The minimum Gasteiger partial charge on any atom is -0.299 e. The Balaban J connectivity index is 1.83. The van der Waals surface area contributed by atoms with Gasteiger partial charge in [0.25, 0.3) is 0 Å². The molecule has 0 amide bonds. The molecule has 0 unspecified atom stereocenters. The molecule has 4 rings (SSSR count). The van der Waals surface area contributed by atoms with Gasteiger partial charge in [-0.15, -0.1) is 0 Å². The van der Waals surface area contributed by atoms with Crippen molar-refractivity contribution in [2.45, 2.75) is 78.1 Å². The largest absolute Gasteiger partial charge is 0.299 e. The summed E-state index contributed by atoms with van der Waals surface area (Å²) in [4.78, 5) is 24.9. The van der Waals surface area contributed by atoms with E-state index in [1.54, 1.807) is 0 Å². The van der Waals surface area contributed by atoms with Crippen LogP contribution in [0.25, 0.3) is 0 Å². The monoisotopic (exact) mass is 370 g/mol. The summed E-state index contributed by atoms with van der Waals surface area (Å²) < 4.78 is 0. The van der Waals surface area contributed by atoms with Crippen LogP contribution in [0.5, 0.6) is 0 Å². The Kier molecular flexibility index (Phi) is 4.08. The van der Waals surface area contributed by atoms with E-state index in [4.69, 9.17) is 0 Å². The number of fused-ring (bicyclic) bond motifs is 5. The van der Waals surface area contributed by atoms with E-state index in [0.29, 0.717) is 35.7 Å². The average Bonchev–Trinajstić information content (AvgIpc) is 2.83. The summed E-state index contributed by atoms with van der Waals surface area (Å²) in [5, 5.41) is 0. The molecule has 0 saturated heterocycles. The number of carbonyl (C=O) groups is 2. The van der Waals surface area contributed by atoms with Crippen LogP contribution in [0.15, 0.2) is 23.3 Å². The van der Waals surface area contributed by atoms with Gasteiger partial charge in [0.1, 0.15) is 5.78 Å². The van der Waals surface area contributed by atoms with E-state index in [2.05, 4.69) is 39.6 Å². The molecule has 2 fully saturated rings. The van der Waals surface area contributed by atoms with Crippen molar-refractivity contribution in [3.63, 3.8) is 0 Å². The van der Waals surface area contributed by atoms with Gasteiger partial charge in [-0.25, -0.2) is 0 Å². The highest BCUT2D eigenvalue weighted by molar-refractivity contribution is 6.76. The highest BCUT2D eigenvalue weighted by Gasteiger charge is 2.58. The summed E-state index contributed by atoms with van der Waals surface area (Å²) in [6.07, 6.45) is 10.3. The van der Waals surface area contributed by atoms with Crippen LogP contribution in [-0.2, 0) is 9.59 Å². The van der Waals surface area contributed by atoms with Crippen LogP contribution in [0.3, 0.4) is 0 Å². The lowest BCUT2D eigenvalue weighted by atomic mass is 9.48. The highest BCUT2D eigenvalue weighted by atomic mass is 28.3. The van der Waals surface area contributed by atoms with Crippen molar-refractivity contribution in [3.8, 4) is 0 Å². The first-order chi connectivity index (χ1) is 12.0. The molecule has 2 nitrogen and oxygen atoms in total. The van der Waals surface area contributed by atoms with Gasteiger partial charge in [-0.05, 0) is 66.5 Å². The van der Waals surface area contributed by atoms with E-state index >= 15 is 0 Å². The van der Waals surface area contributed by atoms with Crippen LogP contribution in [0, 0.1) is 28.6 Å². The molecule has 3 heteroatoms. The van der Waals surface area contributed by atoms with Crippen LogP contribution in [-0.4, -0.2) is 19.6 Å². The molecule has 142 valence electrons. The maximum atomic E-state index is 12.7. The fraction of sp³-hybridized carbons (Fsp3) is 0.739. The van der Waals surface area contributed by atoms with Crippen LogP contribution >= 0.6 is 0 Å². The molecule has 5 atom stereocenters. The molecule has 0 heterocycles. The molecule has 0 N–H and O–H groups in total. The van der Waals surface area contributed by atoms with E-state index in [0.717, 1.165) is 38.1 Å². The first-order valence-corrected chi connectivity index (χ1v) is 14.2. The zero-order chi connectivity index (χ0) is 18.9. The summed E-state index contributed by atoms with van der Waals surface area (Å²) in [5.41, 5.74) is 2.87. The number of hydrogen-bond donors (Lipinski definition) is 0. The van der Waals surface area contributed by atoms with Gasteiger partial charge in [-0.2, -0.15) is 0 Å². The first-order valence-electron chi connectivity index (χ1n) is 10.5. The molecule has 4 aliphatic carbocycles. The second-order valence-corrected chi connectivity index (χ2v) is 16.6. The fourth-order valence-electron chi connectivity index (χ4n) is 6.75. The van der Waals surface area contributed by atoms with Crippen molar-refractivity contribution in [1.29, 1.82) is 0 Å². The Hall–Kier alpha value is -0.963. The van der Waals surface area contributed by atoms with Gasteiger partial charge in [-0.3, -0.25) is 9.59 Å². The van der Waals surface area contributed by atoms with E-state index < -0.39 is 8.07 Å². The Bertz CT molecular complexity index is 725. The number of rotatable bonds is 2. The van der Waals surface area contributed by atoms with Crippen molar-refractivity contribution in [2.24, 2.45) is 28.6 Å². The predicted octanol–water partition coefficient (Wildman–Crippen LogP) is 5.57. The standard InChI is InChI=1S/C23H34O2Si/c1-22-10-8-16(24)13-20(22)15(14-26(3,4)5)12-17-18-6-7-21(25)23(18,2)11-9-19(17)22/h12-13,17-19H,6-11,14H2,1-5H3/t17-,18-,19-,22+,23-/m0/s1. The Morgan fingerprint density at radius 1 is 1.00 bits per heavy atom. The zero-order valence-corrected chi connectivity index (χ0v) is 18.2. The van der Waals surface area contributed by atoms with Gasteiger partial charge in [0, 0.05) is 26.3 Å². The predicted molar refractivity (Wildman–Crippen MR) is 109 cm³/mol. The fourth-order valence-corrected chi connectivity index (χ4v) is 8.20. The number of Topliss-reactive ketones (excluding diaryl/α,β-unsaturated/α-hetero) is 1. The number of allylic oxidation sites excluding steroid dienone is 4. The summed E-state index contributed by atoms with van der Waals surface area (Å²) >= 11 is 0. The zero-order valence-electron chi connectivity index (χ0n) is 17.2. The maximum Gasteiger partial charge on any atom is 0.156 e. The molecule has 0 radical (unpaired) electrons. The molecule has 26 heavy (non-hydrogen) atoms. The third kappa shape index (κ3) is 2.64. The van der Waals surface area contributed by atoms with E-state index in [-0.39, 0.29) is 10.8 Å². The first kappa shape index (κ1) is 18.4. The van der Waals surface area contributed by atoms with Crippen LogP contribution in [0.1, 0.15) is 52.4 Å². The van der Waals surface area contributed by atoms with Crippen LogP contribution in [0.2, 0.25) is 25.7 Å². The van der Waals surface area contributed by atoms with Crippen molar-refractivity contribution >= 4 is 19.6 Å². The summed E-state index contributed by atoms with van der Waals surface area (Å²) in [7, 11) is -1.29. The Morgan fingerprint density at radius 2 is 1.69 bits per heavy atom. The van der Waals surface area contributed by atoms with E-state index in [1.165, 1.54) is 11.1 Å². The molecule has 0 aromatic rings. The third-order valence-corrected chi connectivity index (χ3v) is 9.57. The number of carbonyl (C=O) groups excluding carboxylic acids is 2. The Morgan fingerprint density at radius 3 is 2.38 bits per heavy atom. The van der Waals surface area contributed by atoms with Gasteiger partial charge in [-0.1, -0.05) is 45.1 Å². The van der Waals surface area contributed by atoms with Crippen molar-refractivity contribution < 1.29 is 9.59 Å². The van der Waals surface area contributed by atoms with E-state index in [1.807, 2.05) is 6.08 Å². The lowest BCUT2D eigenvalue weighted by molar-refractivity contribution is -0.130. The SMILES string of the molecule is C[C@]12CCC(=O)C=C1C(C[Si](C)(C)C)=C[C@@H]1[C@@H]2CC[C@]2(C)C(=O)CC[C@@H]12. The minimum atomic E-state index is -1.29. The molecule has 0 bridgehead atoms. The maximum absolute atomic E-state index is 12.7. The van der Waals surface area contributed by atoms with Crippen molar-refractivity contribution in [3.05, 3.63) is 23.3 Å². The molecule has 0 spiro atoms. The summed E-state index contributed by atoms with van der Waals surface area (Å²) in [5.74, 6) is 2.47. The second-order valence-electron chi connectivity index (χ2n) is 11.1. The Labute approximate surface area is 159 Å². The molecule has 0 aliphatic heterocycles. The van der Waals surface area contributed by atoms with Gasteiger partial charge < -0.3 is 0 Å². The summed E-state index contributed by atoms with van der Waals surface area (Å²) in [6.45, 7) is 11.9. The second kappa shape index (κ2) is 5.77. The molecule has 0 aromatic carbocycles. The third-order valence-electron chi connectivity index (χ3n) is 8.13. The van der Waals surface area contributed by atoms with Gasteiger partial charge in [0.05, 0.1) is 0 Å². The normalized spacial score (nSPS) is 42.6. The van der Waals surface area contributed by atoms with Gasteiger partial charge in [0.2, 0.25) is 0 Å². The molecular weight excluding hydrogens is 336 g/mol. The lowest BCUT2D eigenvalue weighted by Crippen LogP contribution is -2.50. The molecule has 0 aromatic heterocycles. The van der Waals surface area contributed by atoms with Gasteiger partial charge in [0.15, 0.2) is 5.78 Å². The smallest absolute Gasteiger partial charge is 0.156 e. The van der Waals surface area contributed by atoms with Crippen molar-refractivity contribution in [1.82, 2.24) is 0 Å². The molecule has 4 aliphatic rings. The van der Waals surface area contributed by atoms with Crippen LogP contribution < -0.4 is 0 Å². The molecule has 2 saturated carbocycles. The van der Waals surface area contributed by atoms with Crippen molar-refractivity contribution in [2.75, 3.05) is 0 Å². The minimum absolute atomic E-state index is 0.0933. The average molecular weight is 371 g/mol. The number of hydrogen-bond acceptors (Lipinski definition) is 2. The number of ketones is 2. The lowest BCUT2D eigenvalue weighted by Gasteiger charge is -2.56. The quantitative estimate of drug-likeness (QED) is 0.595. The van der Waals surface area contributed by atoms with Crippen LogP contribution in [0.4, 0.5) is 0 Å². The molecular formula is C23H34O2Si. The summed E-state index contributed by atoms with van der Waals surface area (Å²) in [6, 6.07) is 1.16. The van der Waals surface area contributed by atoms with E-state index in [9.17, 15) is 9.59 Å². The highest BCUT2D eigenvalue weighted by Crippen LogP contribution is 2.64. The van der Waals surface area contributed by atoms with Gasteiger partial charge >= 0.3 is 0 Å². The topological polar surface area (TPSA) is 34.1 Å².